The average molecular weight is 265 g/mol. The van der Waals surface area contributed by atoms with Gasteiger partial charge in [-0.15, -0.1) is 0 Å². The molecule has 0 saturated heterocycles. The fraction of sp³-hybridized carbons (Fsp3) is 0.308. The zero-order valence-electron chi connectivity index (χ0n) is 10.3. The molecule has 0 heterocycles. The predicted molar refractivity (Wildman–Crippen MR) is 67.0 cm³/mol. The van der Waals surface area contributed by atoms with E-state index in [-0.39, 0.29) is 30.9 Å². The molecule has 1 aromatic rings. The summed E-state index contributed by atoms with van der Waals surface area (Å²) in [6.45, 7) is 0.264. The van der Waals surface area contributed by atoms with E-state index in [0.29, 0.717) is 12.0 Å². The number of benzene rings is 1. The minimum atomic E-state index is -1.07. The quantitative estimate of drug-likeness (QED) is 0.636. The van der Waals surface area contributed by atoms with Crippen LogP contribution in [0.1, 0.15) is 28.8 Å². The van der Waals surface area contributed by atoms with Gasteiger partial charge in [-0.1, -0.05) is 18.2 Å². The molecule has 6 heteroatoms. The Morgan fingerprint density at radius 3 is 2.42 bits per heavy atom. The lowest BCUT2D eigenvalue weighted by atomic mass is 10.0. The Balaban J connectivity index is 2.48. The van der Waals surface area contributed by atoms with Crippen LogP contribution in [-0.4, -0.2) is 34.6 Å². The van der Waals surface area contributed by atoms with Gasteiger partial charge in [-0.25, -0.2) is 4.79 Å². The van der Waals surface area contributed by atoms with Crippen molar-refractivity contribution < 1.29 is 24.6 Å². The molecule has 0 aliphatic heterocycles. The molecule has 0 atom stereocenters. The highest BCUT2D eigenvalue weighted by Gasteiger charge is 2.12. The van der Waals surface area contributed by atoms with E-state index >= 15 is 0 Å². The van der Waals surface area contributed by atoms with Gasteiger partial charge in [0.15, 0.2) is 0 Å². The number of hydrogen-bond acceptors (Lipinski definition) is 3. The van der Waals surface area contributed by atoms with E-state index < -0.39 is 11.9 Å². The van der Waals surface area contributed by atoms with Crippen LogP contribution in [0.2, 0.25) is 0 Å². The first-order valence-electron chi connectivity index (χ1n) is 5.80. The van der Waals surface area contributed by atoms with Crippen LogP contribution < -0.4 is 5.32 Å². The third kappa shape index (κ3) is 5.20. The summed E-state index contributed by atoms with van der Waals surface area (Å²) in [6, 6.07) is 6.28. The van der Waals surface area contributed by atoms with Gasteiger partial charge in [0.2, 0.25) is 5.91 Å². The molecule has 6 nitrogen and oxygen atoms in total. The van der Waals surface area contributed by atoms with Gasteiger partial charge in [-0.2, -0.15) is 0 Å². The average Bonchev–Trinajstić information content (AvgIpc) is 2.35. The van der Waals surface area contributed by atoms with Crippen LogP contribution >= 0.6 is 0 Å². The van der Waals surface area contributed by atoms with Crippen molar-refractivity contribution in [1.82, 2.24) is 5.32 Å². The maximum atomic E-state index is 11.6. The molecule has 1 rings (SSSR count). The van der Waals surface area contributed by atoms with Gasteiger partial charge < -0.3 is 15.5 Å². The molecule has 1 aromatic carbocycles. The Bertz CT molecular complexity index is 484. The fourth-order valence-corrected chi connectivity index (χ4v) is 1.59. The lowest BCUT2D eigenvalue weighted by Gasteiger charge is -2.06. The first kappa shape index (κ1) is 14.7. The summed E-state index contributed by atoms with van der Waals surface area (Å²) in [4.78, 5) is 32.8. The maximum Gasteiger partial charge on any atom is 0.335 e. The second-order valence-electron chi connectivity index (χ2n) is 3.99. The molecule has 0 bridgehead atoms. The van der Waals surface area contributed by atoms with Gasteiger partial charge in [-0.3, -0.25) is 9.59 Å². The summed E-state index contributed by atoms with van der Waals surface area (Å²) in [5, 5.41) is 19.9. The van der Waals surface area contributed by atoms with Gasteiger partial charge in [0.1, 0.15) is 0 Å². The Kier molecular flexibility index (Phi) is 5.53. The largest absolute Gasteiger partial charge is 0.481 e. The van der Waals surface area contributed by atoms with E-state index in [1.165, 1.54) is 6.07 Å². The van der Waals surface area contributed by atoms with Crippen molar-refractivity contribution in [3.05, 3.63) is 35.4 Å². The maximum absolute atomic E-state index is 11.6. The van der Waals surface area contributed by atoms with Crippen molar-refractivity contribution in [2.75, 3.05) is 6.54 Å². The number of aliphatic carboxylic acids is 1. The van der Waals surface area contributed by atoms with Crippen LogP contribution in [0.15, 0.2) is 24.3 Å². The van der Waals surface area contributed by atoms with Crippen LogP contribution in [0.5, 0.6) is 0 Å². The lowest BCUT2D eigenvalue weighted by molar-refractivity contribution is -0.137. The molecule has 0 saturated carbocycles. The first-order chi connectivity index (χ1) is 9.00. The highest BCUT2D eigenvalue weighted by molar-refractivity contribution is 5.91. The van der Waals surface area contributed by atoms with Crippen LogP contribution in [0.4, 0.5) is 0 Å². The summed E-state index contributed by atoms with van der Waals surface area (Å²) in [6.07, 6.45) is 0.309. The van der Waals surface area contributed by atoms with Gasteiger partial charge in [-0.05, 0) is 18.1 Å². The van der Waals surface area contributed by atoms with E-state index in [4.69, 9.17) is 10.2 Å². The van der Waals surface area contributed by atoms with Crippen molar-refractivity contribution in [1.29, 1.82) is 0 Å². The Labute approximate surface area is 110 Å². The number of carbonyl (C=O) groups excluding carboxylic acids is 1. The molecule has 0 aromatic heterocycles. The molecule has 0 fully saturated rings. The number of rotatable bonds is 7. The number of amides is 1. The molecule has 0 radical (unpaired) electrons. The highest BCUT2D eigenvalue weighted by atomic mass is 16.4. The predicted octanol–water partition coefficient (Wildman–Crippen LogP) is 0.908. The second kappa shape index (κ2) is 7.15. The topological polar surface area (TPSA) is 104 Å². The van der Waals surface area contributed by atoms with E-state index in [1.54, 1.807) is 18.2 Å². The summed E-state index contributed by atoms with van der Waals surface area (Å²) < 4.78 is 0. The van der Waals surface area contributed by atoms with Crippen LogP contribution in [0.25, 0.3) is 0 Å². The zero-order chi connectivity index (χ0) is 14.3. The molecule has 0 aliphatic rings. The van der Waals surface area contributed by atoms with Crippen molar-refractivity contribution in [2.24, 2.45) is 0 Å². The third-order valence-corrected chi connectivity index (χ3v) is 2.49. The molecule has 1 amide bonds. The Morgan fingerprint density at radius 1 is 1.11 bits per heavy atom. The number of nitrogens with one attached hydrogen (secondary N) is 1. The summed E-state index contributed by atoms with van der Waals surface area (Å²) >= 11 is 0. The van der Waals surface area contributed by atoms with Crippen LogP contribution in [0.3, 0.4) is 0 Å². The van der Waals surface area contributed by atoms with Crippen molar-refractivity contribution in [3.8, 4) is 0 Å². The van der Waals surface area contributed by atoms with Crippen molar-refractivity contribution in [3.63, 3.8) is 0 Å². The number of carbonyl (C=O) groups is 3. The third-order valence-electron chi connectivity index (χ3n) is 2.49. The number of carboxylic acid groups (broad SMARTS) is 2. The molecular formula is C13H15NO5. The summed E-state index contributed by atoms with van der Waals surface area (Å²) in [5.41, 5.74) is 0.536. The molecule has 0 aliphatic carbocycles. The molecule has 102 valence electrons. The van der Waals surface area contributed by atoms with Gasteiger partial charge >= 0.3 is 11.9 Å². The minimum absolute atomic E-state index is 0.00794. The minimum Gasteiger partial charge on any atom is -0.481 e. The monoisotopic (exact) mass is 265 g/mol. The normalized spacial score (nSPS) is 9.89. The van der Waals surface area contributed by atoms with E-state index in [2.05, 4.69) is 5.32 Å². The molecule has 19 heavy (non-hydrogen) atoms. The number of carboxylic acids is 2. The highest BCUT2D eigenvalue weighted by Crippen LogP contribution is 2.09. The fourth-order valence-electron chi connectivity index (χ4n) is 1.59. The van der Waals surface area contributed by atoms with Crippen molar-refractivity contribution >= 4 is 17.8 Å². The number of aromatic carboxylic acids is 1. The van der Waals surface area contributed by atoms with Gasteiger partial charge in [0, 0.05) is 13.0 Å². The first-order valence-corrected chi connectivity index (χ1v) is 5.80. The summed E-state index contributed by atoms with van der Waals surface area (Å²) in [7, 11) is 0. The smallest absolute Gasteiger partial charge is 0.335 e. The van der Waals surface area contributed by atoms with E-state index in [1.807, 2.05) is 0 Å². The zero-order valence-corrected chi connectivity index (χ0v) is 10.3. The second-order valence-corrected chi connectivity index (χ2v) is 3.99. The molecular weight excluding hydrogens is 250 g/mol. The van der Waals surface area contributed by atoms with Crippen molar-refractivity contribution in [2.45, 2.75) is 19.3 Å². The van der Waals surface area contributed by atoms with E-state index in [0.717, 1.165) is 0 Å². The molecule has 0 unspecified atom stereocenters. The van der Waals surface area contributed by atoms with Gasteiger partial charge in [0.25, 0.3) is 0 Å². The Hall–Kier alpha value is -2.37. The van der Waals surface area contributed by atoms with E-state index in [9.17, 15) is 14.4 Å². The number of hydrogen-bond donors (Lipinski definition) is 3. The van der Waals surface area contributed by atoms with Crippen LogP contribution in [0, 0.1) is 0 Å². The van der Waals surface area contributed by atoms with Gasteiger partial charge in [0.05, 0.1) is 12.0 Å². The molecule has 0 spiro atoms. The standard InChI is InChI=1S/C13H15NO5/c15-11(14-7-3-6-12(16)17)8-9-4-1-2-5-10(9)13(18)19/h1-2,4-5H,3,6-8H2,(H,14,15)(H,16,17)(H,18,19). The van der Waals surface area contributed by atoms with Crippen LogP contribution in [-0.2, 0) is 16.0 Å². The lowest BCUT2D eigenvalue weighted by Crippen LogP contribution is -2.27. The Morgan fingerprint density at radius 2 is 1.79 bits per heavy atom. The molecule has 3 N–H and O–H groups in total. The summed E-state index contributed by atoms with van der Waals surface area (Å²) in [5.74, 6) is -2.31. The SMILES string of the molecule is O=C(O)CCCNC(=O)Cc1ccccc1C(=O)O.